The number of amides is 1. The second-order valence-corrected chi connectivity index (χ2v) is 7.97. The Hall–Kier alpha value is -2.67. The fourth-order valence-electron chi connectivity index (χ4n) is 3.13. The molecule has 1 amide bonds. The molecule has 6 nitrogen and oxygen atoms in total. The Morgan fingerprint density at radius 2 is 1.89 bits per heavy atom. The van der Waals surface area contributed by atoms with E-state index in [1.165, 1.54) is 11.8 Å². The van der Waals surface area contributed by atoms with Gasteiger partial charge in [0, 0.05) is 31.0 Å². The van der Waals surface area contributed by atoms with E-state index in [9.17, 15) is 4.79 Å². The van der Waals surface area contributed by atoms with E-state index in [0.29, 0.717) is 11.8 Å². The fourth-order valence-corrected chi connectivity index (χ4v) is 4.06. The van der Waals surface area contributed by atoms with E-state index in [-0.39, 0.29) is 11.9 Å². The van der Waals surface area contributed by atoms with E-state index in [1.807, 2.05) is 56.4 Å². The van der Waals surface area contributed by atoms with Gasteiger partial charge in [0.1, 0.15) is 0 Å². The summed E-state index contributed by atoms with van der Waals surface area (Å²) in [4.78, 5) is 18.6. The SMILES string of the molecule is C[C@H](c1ccccc1)N(C)C(=O)CSc1nnc(-c2ccncc2)n1C1CC1. The molecule has 4 rings (SSSR count). The normalized spacial score (nSPS) is 14.6. The summed E-state index contributed by atoms with van der Waals surface area (Å²) >= 11 is 1.46. The van der Waals surface area contributed by atoms with E-state index in [0.717, 1.165) is 34.9 Å². The van der Waals surface area contributed by atoms with Crippen LogP contribution in [0.15, 0.2) is 60.0 Å². The van der Waals surface area contributed by atoms with Gasteiger partial charge in [0.15, 0.2) is 11.0 Å². The third-order valence-electron chi connectivity index (χ3n) is 5.10. The number of hydrogen-bond acceptors (Lipinski definition) is 5. The minimum atomic E-state index is 0.0305. The first-order valence-corrected chi connectivity index (χ1v) is 10.4. The number of thioether (sulfide) groups is 1. The predicted molar refractivity (Wildman–Crippen MR) is 110 cm³/mol. The van der Waals surface area contributed by atoms with Crippen molar-refractivity contribution >= 4 is 17.7 Å². The van der Waals surface area contributed by atoms with Gasteiger partial charge in [-0.05, 0) is 37.5 Å². The Morgan fingerprint density at radius 1 is 1.18 bits per heavy atom. The lowest BCUT2D eigenvalue weighted by molar-refractivity contribution is -0.128. The van der Waals surface area contributed by atoms with E-state index in [4.69, 9.17) is 0 Å². The van der Waals surface area contributed by atoms with Gasteiger partial charge in [-0.15, -0.1) is 10.2 Å². The van der Waals surface area contributed by atoms with Crippen molar-refractivity contribution in [3.05, 3.63) is 60.4 Å². The molecule has 0 N–H and O–H groups in total. The summed E-state index contributed by atoms with van der Waals surface area (Å²) < 4.78 is 2.17. The van der Waals surface area contributed by atoms with E-state index < -0.39 is 0 Å². The summed E-state index contributed by atoms with van der Waals surface area (Å²) in [6, 6.07) is 14.4. The number of carbonyl (C=O) groups excluding carboxylic acids is 1. The van der Waals surface area contributed by atoms with Gasteiger partial charge in [-0.3, -0.25) is 14.3 Å². The Kier molecular flexibility index (Phi) is 5.43. The Labute approximate surface area is 169 Å². The lowest BCUT2D eigenvalue weighted by atomic mass is 10.1. The first kappa shape index (κ1) is 18.7. The zero-order valence-corrected chi connectivity index (χ0v) is 16.8. The molecular weight excluding hydrogens is 370 g/mol. The van der Waals surface area contributed by atoms with Gasteiger partial charge >= 0.3 is 0 Å². The van der Waals surface area contributed by atoms with Crippen LogP contribution < -0.4 is 0 Å². The highest BCUT2D eigenvalue weighted by molar-refractivity contribution is 7.99. The molecule has 1 aromatic carbocycles. The van der Waals surface area contributed by atoms with Crippen LogP contribution in [0.5, 0.6) is 0 Å². The molecule has 2 aromatic heterocycles. The molecule has 0 bridgehead atoms. The van der Waals surface area contributed by atoms with Crippen molar-refractivity contribution in [1.82, 2.24) is 24.6 Å². The molecule has 1 saturated carbocycles. The van der Waals surface area contributed by atoms with E-state index in [2.05, 4.69) is 19.7 Å². The molecule has 1 aliphatic rings. The molecule has 0 saturated heterocycles. The number of aromatic nitrogens is 4. The molecule has 1 fully saturated rings. The maximum atomic E-state index is 12.7. The molecule has 0 radical (unpaired) electrons. The van der Waals surface area contributed by atoms with Crippen LogP contribution >= 0.6 is 11.8 Å². The highest BCUT2D eigenvalue weighted by atomic mass is 32.2. The molecule has 2 heterocycles. The van der Waals surface area contributed by atoms with Crippen LogP contribution in [0.3, 0.4) is 0 Å². The lowest BCUT2D eigenvalue weighted by Crippen LogP contribution is -2.31. The second-order valence-electron chi connectivity index (χ2n) is 7.02. The fraction of sp³-hybridized carbons (Fsp3) is 0.333. The van der Waals surface area contributed by atoms with Crippen molar-refractivity contribution in [1.29, 1.82) is 0 Å². The minimum Gasteiger partial charge on any atom is -0.338 e. The van der Waals surface area contributed by atoms with Crippen molar-refractivity contribution in [2.24, 2.45) is 0 Å². The zero-order valence-electron chi connectivity index (χ0n) is 16.0. The number of benzene rings is 1. The Bertz CT molecular complexity index is 940. The minimum absolute atomic E-state index is 0.0305. The van der Waals surface area contributed by atoms with Gasteiger partial charge in [0.25, 0.3) is 0 Å². The average Bonchev–Trinajstić information content (AvgIpc) is 3.51. The quantitative estimate of drug-likeness (QED) is 0.568. The molecule has 0 unspecified atom stereocenters. The lowest BCUT2D eigenvalue weighted by Gasteiger charge is -2.25. The molecule has 144 valence electrons. The molecule has 0 spiro atoms. The summed E-state index contributed by atoms with van der Waals surface area (Å²) in [6.45, 7) is 2.05. The van der Waals surface area contributed by atoms with Crippen LogP contribution in [0.2, 0.25) is 0 Å². The maximum Gasteiger partial charge on any atom is 0.233 e. The van der Waals surface area contributed by atoms with Gasteiger partial charge in [0.2, 0.25) is 5.91 Å². The number of carbonyl (C=O) groups is 1. The van der Waals surface area contributed by atoms with Crippen LogP contribution in [-0.2, 0) is 4.79 Å². The first-order valence-electron chi connectivity index (χ1n) is 9.44. The van der Waals surface area contributed by atoms with Gasteiger partial charge in [-0.2, -0.15) is 0 Å². The molecule has 28 heavy (non-hydrogen) atoms. The first-order chi connectivity index (χ1) is 13.6. The molecule has 1 atom stereocenters. The molecule has 0 aliphatic heterocycles. The predicted octanol–water partition coefficient (Wildman–Crippen LogP) is 3.99. The highest BCUT2D eigenvalue weighted by Crippen LogP contribution is 2.41. The second kappa shape index (κ2) is 8.14. The topological polar surface area (TPSA) is 63.9 Å². The molecular formula is C21H23N5OS. The summed E-state index contributed by atoms with van der Waals surface area (Å²) in [5.74, 6) is 1.28. The third kappa shape index (κ3) is 3.94. The third-order valence-corrected chi connectivity index (χ3v) is 6.02. The van der Waals surface area contributed by atoms with Crippen LogP contribution in [0.1, 0.15) is 37.4 Å². The monoisotopic (exact) mass is 393 g/mol. The zero-order chi connectivity index (χ0) is 19.5. The summed E-state index contributed by atoms with van der Waals surface area (Å²) in [6.07, 6.45) is 5.78. The number of hydrogen-bond donors (Lipinski definition) is 0. The summed E-state index contributed by atoms with van der Waals surface area (Å²) in [5.41, 5.74) is 2.13. The number of pyridine rings is 1. The Morgan fingerprint density at radius 3 is 2.57 bits per heavy atom. The largest absolute Gasteiger partial charge is 0.338 e. The standard InChI is InChI=1S/C21H23N5OS/c1-15(16-6-4-3-5-7-16)25(2)19(27)14-28-21-24-23-20(26(21)18-8-9-18)17-10-12-22-13-11-17/h3-7,10-13,15,18H,8-9,14H2,1-2H3/t15-/m1/s1. The maximum absolute atomic E-state index is 12.7. The van der Waals surface area contributed by atoms with Crippen LogP contribution in [-0.4, -0.2) is 43.4 Å². The van der Waals surface area contributed by atoms with E-state index in [1.54, 1.807) is 17.3 Å². The smallest absolute Gasteiger partial charge is 0.233 e. The summed E-state index contributed by atoms with van der Waals surface area (Å²) in [7, 11) is 1.86. The van der Waals surface area contributed by atoms with Crippen molar-refractivity contribution in [3.63, 3.8) is 0 Å². The summed E-state index contributed by atoms with van der Waals surface area (Å²) in [5, 5.41) is 9.57. The number of nitrogens with zero attached hydrogens (tertiary/aromatic N) is 5. The van der Waals surface area contributed by atoms with Crippen molar-refractivity contribution < 1.29 is 4.79 Å². The van der Waals surface area contributed by atoms with Gasteiger partial charge in [0.05, 0.1) is 11.8 Å². The van der Waals surface area contributed by atoms with Crippen molar-refractivity contribution in [2.45, 2.75) is 37.0 Å². The Balaban J connectivity index is 1.46. The highest BCUT2D eigenvalue weighted by Gasteiger charge is 2.30. The van der Waals surface area contributed by atoms with Gasteiger partial charge in [-0.25, -0.2) is 0 Å². The number of rotatable bonds is 7. The average molecular weight is 394 g/mol. The van der Waals surface area contributed by atoms with Crippen molar-refractivity contribution in [3.8, 4) is 11.4 Å². The molecule has 7 heteroatoms. The molecule has 3 aromatic rings. The van der Waals surface area contributed by atoms with Crippen LogP contribution in [0.25, 0.3) is 11.4 Å². The van der Waals surface area contributed by atoms with E-state index >= 15 is 0 Å². The van der Waals surface area contributed by atoms with Gasteiger partial charge < -0.3 is 4.90 Å². The van der Waals surface area contributed by atoms with Crippen LogP contribution in [0, 0.1) is 0 Å². The van der Waals surface area contributed by atoms with Gasteiger partial charge in [-0.1, -0.05) is 42.1 Å². The van der Waals surface area contributed by atoms with Crippen molar-refractivity contribution in [2.75, 3.05) is 12.8 Å². The molecule has 1 aliphatic carbocycles. The van der Waals surface area contributed by atoms with Crippen LogP contribution in [0.4, 0.5) is 0 Å².